The molecular weight excluding hydrogens is 234 g/mol. The second kappa shape index (κ2) is 5.49. The van der Waals surface area contributed by atoms with Gasteiger partial charge in [-0.25, -0.2) is 0 Å². The van der Waals surface area contributed by atoms with Crippen LogP contribution in [0.1, 0.15) is 23.2 Å². The minimum absolute atomic E-state index is 0.0731. The van der Waals surface area contributed by atoms with Crippen molar-refractivity contribution < 1.29 is 14.6 Å². The zero-order valence-electron chi connectivity index (χ0n) is 10.6. The Hall–Kier alpha value is -1.40. The molecule has 6 nitrogen and oxygen atoms in total. The van der Waals surface area contributed by atoms with Crippen molar-refractivity contribution in [3.05, 3.63) is 18.0 Å². The lowest BCUT2D eigenvalue weighted by atomic mass is 9.81. The van der Waals surface area contributed by atoms with Gasteiger partial charge in [0.1, 0.15) is 0 Å². The molecule has 0 aromatic carbocycles. The molecule has 1 fully saturated rings. The summed E-state index contributed by atoms with van der Waals surface area (Å²) in [7, 11) is 1.77. The van der Waals surface area contributed by atoms with E-state index in [1.807, 2.05) is 0 Å². The molecule has 100 valence electrons. The Kier molecular flexibility index (Phi) is 3.98. The topological polar surface area (TPSA) is 76.4 Å². The van der Waals surface area contributed by atoms with Gasteiger partial charge in [-0.15, -0.1) is 0 Å². The molecule has 1 aromatic heterocycles. The summed E-state index contributed by atoms with van der Waals surface area (Å²) in [6, 6.07) is 0. The van der Waals surface area contributed by atoms with Gasteiger partial charge in [0.25, 0.3) is 5.91 Å². The van der Waals surface area contributed by atoms with Crippen molar-refractivity contribution in [2.45, 2.75) is 12.8 Å². The second-order valence-corrected chi connectivity index (χ2v) is 4.86. The SMILES string of the molecule is Cn1cc(C(=O)NCC2(CO)CCOCC2)cn1. The average molecular weight is 253 g/mol. The maximum atomic E-state index is 11.9. The van der Waals surface area contributed by atoms with Gasteiger partial charge in [0.2, 0.25) is 0 Å². The summed E-state index contributed by atoms with van der Waals surface area (Å²) in [4.78, 5) is 11.9. The number of nitrogens with zero attached hydrogens (tertiary/aromatic N) is 2. The highest BCUT2D eigenvalue weighted by Crippen LogP contribution is 2.29. The van der Waals surface area contributed by atoms with Gasteiger partial charge < -0.3 is 15.2 Å². The van der Waals surface area contributed by atoms with Crippen LogP contribution in [-0.2, 0) is 11.8 Å². The lowest BCUT2D eigenvalue weighted by Gasteiger charge is -2.35. The van der Waals surface area contributed by atoms with Crippen LogP contribution >= 0.6 is 0 Å². The van der Waals surface area contributed by atoms with Crippen LogP contribution in [-0.4, -0.2) is 47.2 Å². The van der Waals surface area contributed by atoms with E-state index < -0.39 is 0 Å². The van der Waals surface area contributed by atoms with E-state index in [2.05, 4.69) is 10.4 Å². The summed E-state index contributed by atoms with van der Waals surface area (Å²) in [5.41, 5.74) is 0.300. The van der Waals surface area contributed by atoms with Crippen LogP contribution < -0.4 is 5.32 Å². The largest absolute Gasteiger partial charge is 0.396 e. The lowest BCUT2D eigenvalue weighted by Crippen LogP contribution is -2.43. The van der Waals surface area contributed by atoms with Crippen LogP contribution in [0.5, 0.6) is 0 Å². The molecule has 2 rings (SSSR count). The lowest BCUT2D eigenvalue weighted by molar-refractivity contribution is -0.0146. The Morgan fingerprint density at radius 1 is 1.61 bits per heavy atom. The summed E-state index contributed by atoms with van der Waals surface area (Å²) < 4.78 is 6.87. The highest BCUT2D eigenvalue weighted by molar-refractivity contribution is 5.93. The highest BCUT2D eigenvalue weighted by Gasteiger charge is 2.32. The number of hydrogen-bond acceptors (Lipinski definition) is 4. The number of aryl methyl sites for hydroxylation is 1. The Bertz CT molecular complexity index is 410. The minimum Gasteiger partial charge on any atom is -0.396 e. The number of rotatable bonds is 4. The van der Waals surface area contributed by atoms with Crippen LogP contribution in [0.15, 0.2) is 12.4 Å². The maximum Gasteiger partial charge on any atom is 0.254 e. The van der Waals surface area contributed by atoms with Crippen LogP contribution in [0.25, 0.3) is 0 Å². The van der Waals surface area contributed by atoms with E-state index in [0.717, 1.165) is 12.8 Å². The molecule has 0 atom stereocenters. The first-order valence-electron chi connectivity index (χ1n) is 6.11. The Labute approximate surface area is 106 Å². The zero-order valence-corrected chi connectivity index (χ0v) is 10.6. The molecular formula is C12H19N3O3. The summed E-state index contributed by atoms with van der Waals surface area (Å²) in [5.74, 6) is -0.151. The number of hydrogen-bond donors (Lipinski definition) is 2. The number of carbonyl (C=O) groups is 1. The average Bonchev–Trinajstić information content (AvgIpc) is 2.84. The molecule has 18 heavy (non-hydrogen) atoms. The zero-order chi connectivity index (χ0) is 13.0. The monoisotopic (exact) mass is 253 g/mol. The predicted molar refractivity (Wildman–Crippen MR) is 65.1 cm³/mol. The predicted octanol–water partition coefficient (Wildman–Crippen LogP) is -0.0610. The fraction of sp³-hybridized carbons (Fsp3) is 0.667. The maximum absolute atomic E-state index is 11.9. The molecule has 0 aliphatic carbocycles. The van der Waals surface area contributed by atoms with Gasteiger partial charge in [-0.05, 0) is 12.8 Å². The molecule has 1 aliphatic rings. The smallest absolute Gasteiger partial charge is 0.254 e. The standard InChI is InChI=1S/C12H19N3O3/c1-15-7-10(6-14-15)11(17)13-8-12(9-16)2-4-18-5-3-12/h6-7,16H,2-5,8-9H2,1H3,(H,13,17). The first-order valence-corrected chi connectivity index (χ1v) is 6.11. The van der Waals surface area contributed by atoms with Crippen molar-refractivity contribution in [3.63, 3.8) is 0 Å². The van der Waals surface area contributed by atoms with Crippen LogP contribution in [0.2, 0.25) is 0 Å². The Morgan fingerprint density at radius 2 is 2.33 bits per heavy atom. The van der Waals surface area contributed by atoms with E-state index in [1.165, 1.54) is 6.20 Å². The third-order valence-corrected chi connectivity index (χ3v) is 3.48. The van der Waals surface area contributed by atoms with E-state index >= 15 is 0 Å². The number of carbonyl (C=O) groups excluding carboxylic acids is 1. The van der Waals surface area contributed by atoms with Gasteiger partial charge >= 0.3 is 0 Å². The minimum atomic E-state index is -0.240. The van der Waals surface area contributed by atoms with Crippen LogP contribution in [0.3, 0.4) is 0 Å². The number of aliphatic hydroxyl groups excluding tert-OH is 1. The van der Waals surface area contributed by atoms with E-state index in [1.54, 1.807) is 17.9 Å². The summed E-state index contributed by atoms with van der Waals surface area (Å²) in [5, 5.41) is 16.3. The molecule has 1 amide bonds. The number of aromatic nitrogens is 2. The molecule has 1 aromatic rings. The fourth-order valence-electron chi connectivity index (χ4n) is 2.10. The third kappa shape index (κ3) is 2.88. The molecule has 0 saturated carbocycles. The molecule has 0 unspecified atom stereocenters. The van der Waals surface area contributed by atoms with E-state index in [9.17, 15) is 9.90 Å². The van der Waals surface area contributed by atoms with E-state index in [0.29, 0.717) is 25.3 Å². The molecule has 2 heterocycles. The van der Waals surface area contributed by atoms with Gasteiger partial charge in [-0.3, -0.25) is 9.48 Å². The highest BCUT2D eigenvalue weighted by atomic mass is 16.5. The van der Waals surface area contributed by atoms with Crippen molar-refractivity contribution in [1.29, 1.82) is 0 Å². The van der Waals surface area contributed by atoms with Gasteiger partial charge in [-0.2, -0.15) is 5.10 Å². The molecule has 1 aliphatic heterocycles. The normalized spacial score (nSPS) is 18.6. The van der Waals surface area contributed by atoms with E-state index in [4.69, 9.17) is 4.74 Å². The van der Waals surface area contributed by atoms with Crippen molar-refractivity contribution in [2.75, 3.05) is 26.4 Å². The molecule has 0 spiro atoms. The van der Waals surface area contributed by atoms with Crippen LogP contribution in [0, 0.1) is 5.41 Å². The van der Waals surface area contributed by atoms with Crippen molar-refractivity contribution in [3.8, 4) is 0 Å². The molecule has 6 heteroatoms. The first-order chi connectivity index (χ1) is 8.65. The summed E-state index contributed by atoms with van der Waals surface area (Å²) in [6.45, 7) is 1.83. The molecule has 2 N–H and O–H groups in total. The van der Waals surface area contributed by atoms with Gasteiger partial charge in [-0.1, -0.05) is 0 Å². The van der Waals surface area contributed by atoms with Crippen LogP contribution in [0.4, 0.5) is 0 Å². The number of ether oxygens (including phenoxy) is 1. The molecule has 0 bridgehead atoms. The molecule has 0 radical (unpaired) electrons. The molecule has 1 saturated heterocycles. The quantitative estimate of drug-likeness (QED) is 0.788. The van der Waals surface area contributed by atoms with E-state index in [-0.39, 0.29) is 17.9 Å². The number of amides is 1. The van der Waals surface area contributed by atoms with Crippen molar-refractivity contribution >= 4 is 5.91 Å². The van der Waals surface area contributed by atoms with Gasteiger partial charge in [0.05, 0.1) is 18.4 Å². The van der Waals surface area contributed by atoms with Gasteiger partial charge in [0, 0.05) is 38.4 Å². The third-order valence-electron chi connectivity index (χ3n) is 3.48. The fourth-order valence-corrected chi connectivity index (χ4v) is 2.10. The number of nitrogens with one attached hydrogen (secondary N) is 1. The Morgan fingerprint density at radius 3 is 2.89 bits per heavy atom. The van der Waals surface area contributed by atoms with Crippen molar-refractivity contribution in [2.24, 2.45) is 12.5 Å². The second-order valence-electron chi connectivity index (χ2n) is 4.86. The van der Waals surface area contributed by atoms with Crippen molar-refractivity contribution in [1.82, 2.24) is 15.1 Å². The Balaban J connectivity index is 1.91. The number of aliphatic hydroxyl groups is 1. The van der Waals surface area contributed by atoms with Gasteiger partial charge in [0.15, 0.2) is 0 Å². The summed E-state index contributed by atoms with van der Waals surface area (Å²) >= 11 is 0. The summed E-state index contributed by atoms with van der Waals surface area (Å²) in [6.07, 6.45) is 4.75. The first kappa shape index (κ1) is 13.0.